The van der Waals surface area contributed by atoms with Crippen LogP contribution in [0.15, 0.2) is 30.3 Å². The molecule has 5 rings (SSSR count). The van der Waals surface area contributed by atoms with Crippen molar-refractivity contribution in [3.63, 3.8) is 0 Å². The van der Waals surface area contributed by atoms with Crippen molar-refractivity contribution in [2.75, 3.05) is 13.1 Å². The monoisotopic (exact) mass is 368 g/mol. The van der Waals surface area contributed by atoms with Crippen molar-refractivity contribution in [1.29, 1.82) is 0 Å². The summed E-state index contributed by atoms with van der Waals surface area (Å²) >= 11 is 0. The number of likely N-dealkylation sites (tertiary alicyclic amines) is 1. The van der Waals surface area contributed by atoms with Crippen LogP contribution in [0.4, 0.5) is 0 Å². The first kappa shape index (κ1) is 17.2. The Morgan fingerprint density at radius 1 is 1.19 bits per heavy atom. The summed E-state index contributed by atoms with van der Waals surface area (Å²) in [4.78, 5) is 29.5. The molecule has 0 radical (unpaired) electrons. The minimum absolute atomic E-state index is 0.0912. The number of rotatable bonds is 4. The van der Waals surface area contributed by atoms with Gasteiger partial charge in [0.15, 0.2) is 5.72 Å². The van der Waals surface area contributed by atoms with E-state index >= 15 is 0 Å². The maximum absolute atomic E-state index is 12.9. The Bertz CT molecular complexity index is 730. The molecule has 4 aliphatic rings. The van der Waals surface area contributed by atoms with Crippen LogP contribution in [0.2, 0.25) is 0 Å². The van der Waals surface area contributed by atoms with E-state index in [0.29, 0.717) is 25.9 Å². The standard InChI is InChI=1S/C22H28N2O3/c25-20(11-10-16-6-4-5-7-16)23-13-12-22-19(23)14-21(26)24(22)15-18(27-22)17-8-2-1-3-9-17/h1-3,8-9,16,18-19H,4-7,10-15H2/t18-,19-,22+/m1/s1. The zero-order valence-electron chi connectivity index (χ0n) is 15.8. The molecule has 0 bridgehead atoms. The highest BCUT2D eigenvalue weighted by Gasteiger charge is 2.64. The third-order valence-corrected chi connectivity index (χ3v) is 7.16. The van der Waals surface area contributed by atoms with Gasteiger partial charge in [0.05, 0.1) is 19.0 Å². The third-order valence-electron chi connectivity index (χ3n) is 7.16. The fraction of sp³-hybridized carbons (Fsp3) is 0.636. The molecule has 0 aromatic heterocycles. The molecular formula is C22H28N2O3. The summed E-state index contributed by atoms with van der Waals surface area (Å²) in [7, 11) is 0. The molecule has 0 N–H and O–H groups in total. The predicted molar refractivity (Wildman–Crippen MR) is 101 cm³/mol. The zero-order chi connectivity index (χ0) is 18.4. The molecule has 144 valence electrons. The van der Waals surface area contributed by atoms with Crippen molar-refractivity contribution in [3.8, 4) is 0 Å². The van der Waals surface area contributed by atoms with Crippen molar-refractivity contribution >= 4 is 11.8 Å². The molecule has 1 spiro atoms. The van der Waals surface area contributed by atoms with E-state index in [1.54, 1.807) is 0 Å². The Labute approximate surface area is 160 Å². The second-order valence-corrected chi connectivity index (χ2v) is 8.61. The number of amides is 2. The number of benzene rings is 1. The fourth-order valence-electron chi connectivity index (χ4n) is 5.73. The van der Waals surface area contributed by atoms with Gasteiger partial charge in [0.1, 0.15) is 6.10 Å². The Morgan fingerprint density at radius 2 is 1.96 bits per heavy atom. The minimum Gasteiger partial charge on any atom is -0.343 e. The van der Waals surface area contributed by atoms with Gasteiger partial charge in [0.2, 0.25) is 11.8 Å². The summed E-state index contributed by atoms with van der Waals surface area (Å²) in [5.74, 6) is 1.06. The molecule has 0 unspecified atom stereocenters. The lowest BCUT2D eigenvalue weighted by Gasteiger charge is -2.32. The Kier molecular flexibility index (Phi) is 4.23. The summed E-state index contributed by atoms with van der Waals surface area (Å²) in [5, 5.41) is 0. The summed E-state index contributed by atoms with van der Waals surface area (Å²) in [6, 6.07) is 10.0. The van der Waals surface area contributed by atoms with Crippen LogP contribution < -0.4 is 0 Å². The Hall–Kier alpha value is -1.88. The first-order valence-electron chi connectivity index (χ1n) is 10.5. The van der Waals surface area contributed by atoms with E-state index < -0.39 is 5.72 Å². The maximum Gasteiger partial charge on any atom is 0.227 e. The smallest absolute Gasteiger partial charge is 0.227 e. The molecule has 2 amide bonds. The molecule has 3 heterocycles. The Balaban J connectivity index is 1.31. The SMILES string of the molecule is O=C(CCC1CCCC1)N1CC[C@@]23O[C@@H](c4ccccc4)CN2C(=O)C[C@@H]13. The minimum atomic E-state index is -0.597. The van der Waals surface area contributed by atoms with Crippen LogP contribution >= 0.6 is 0 Å². The van der Waals surface area contributed by atoms with E-state index in [-0.39, 0.29) is 24.0 Å². The van der Waals surface area contributed by atoms with E-state index in [0.717, 1.165) is 24.3 Å². The predicted octanol–water partition coefficient (Wildman–Crippen LogP) is 3.26. The number of hydrogen-bond acceptors (Lipinski definition) is 3. The highest BCUT2D eigenvalue weighted by atomic mass is 16.5. The quantitative estimate of drug-likeness (QED) is 0.820. The average molecular weight is 368 g/mol. The number of carbonyl (C=O) groups is 2. The molecule has 1 saturated carbocycles. The molecule has 27 heavy (non-hydrogen) atoms. The van der Waals surface area contributed by atoms with Crippen molar-refractivity contribution in [2.24, 2.45) is 5.92 Å². The van der Waals surface area contributed by atoms with Gasteiger partial charge in [-0.05, 0) is 17.9 Å². The van der Waals surface area contributed by atoms with Crippen LogP contribution in [-0.4, -0.2) is 46.5 Å². The molecule has 5 nitrogen and oxygen atoms in total. The molecule has 5 heteroatoms. The van der Waals surface area contributed by atoms with E-state index in [9.17, 15) is 9.59 Å². The lowest BCUT2D eigenvalue weighted by atomic mass is 10.0. The number of ether oxygens (including phenoxy) is 1. The van der Waals surface area contributed by atoms with Gasteiger partial charge in [-0.1, -0.05) is 56.0 Å². The number of hydrogen-bond donors (Lipinski definition) is 0. The van der Waals surface area contributed by atoms with Gasteiger partial charge in [-0.25, -0.2) is 0 Å². The van der Waals surface area contributed by atoms with Crippen molar-refractivity contribution < 1.29 is 14.3 Å². The average Bonchev–Trinajstić information content (AvgIpc) is 3.44. The van der Waals surface area contributed by atoms with E-state index in [1.807, 2.05) is 28.0 Å². The highest BCUT2D eigenvalue weighted by Crippen LogP contribution is 2.50. The van der Waals surface area contributed by atoms with Crippen molar-refractivity contribution in [2.45, 2.75) is 69.2 Å². The molecule has 3 saturated heterocycles. The van der Waals surface area contributed by atoms with Crippen LogP contribution in [0.3, 0.4) is 0 Å². The van der Waals surface area contributed by atoms with Crippen LogP contribution in [0.5, 0.6) is 0 Å². The van der Waals surface area contributed by atoms with Crippen molar-refractivity contribution in [3.05, 3.63) is 35.9 Å². The topological polar surface area (TPSA) is 49.9 Å². The van der Waals surface area contributed by atoms with Crippen LogP contribution in [0, 0.1) is 5.92 Å². The van der Waals surface area contributed by atoms with Gasteiger partial charge in [0, 0.05) is 19.4 Å². The second kappa shape index (κ2) is 6.62. The molecule has 1 aromatic carbocycles. The Morgan fingerprint density at radius 3 is 2.74 bits per heavy atom. The van der Waals surface area contributed by atoms with E-state index in [1.165, 1.54) is 25.7 Å². The lowest BCUT2D eigenvalue weighted by molar-refractivity contribution is -0.143. The van der Waals surface area contributed by atoms with Crippen LogP contribution in [0.1, 0.15) is 63.0 Å². The molecular weight excluding hydrogens is 340 g/mol. The number of nitrogens with zero attached hydrogens (tertiary/aromatic N) is 2. The molecule has 3 aliphatic heterocycles. The normalized spacial score (nSPS) is 33.0. The summed E-state index contributed by atoms with van der Waals surface area (Å²) in [6.07, 6.45) is 7.85. The first-order chi connectivity index (χ1) is 13.2. The van der Waals surface area contributed by atoms with Crippen molar-refractivity contribution in [1.82, 2.24) is 9.80 Å². The summed E-state index contributed by atoms with van der Waals surface area (Å²) in [5.41, 5.74) is 0.513. The molecule has 1 aromatic rings. The summed E-state index contributed by atoms with van der Waals surface area (Å²) in [6.45, 7) is 1.31. The van der Waals surface area contributed by atoms with Crippen LogP contribution in [0.25, 0.3) is 0 Å². The summed E-state index contributed by atoms with van der Waals surface area (Å²) < 4.78 is 6.52. The van der Waals surface area contributed by atoms with Gasteiger partial charge < -0.3 is 14.5 Å². The van der Waals surface area contributed by atoms with E-state index in [4.69, 9.17) is 4.74 Å². The fourth-order valence-corrected chi connectivity index (χ4v) is 5.73. The second-order valence-electron chi connectivity index (χ2n) is 8.61. The maximum atomic E-state index is 12.9. The van der Waals surface area contributed by atoms with Gasteiger partial charge in [0.25, 0.3) is 0 Å². The number of carbonyl (C=O) groups excluding carboxylic acids is 2. The van der Waals surface area contributed by atoms with Crippen LogP contribution in [-0.2, 0) is 14.3 Å². The van der Waals surface area contributed by atoms with Gasteiger partial charge in [-0.3, -0.25) is 9.59 Å². The zero-order valence-corrected chi connectivity index (χ0v) is 15.8. The van der Waals surface area contributed by atoms with Gasteiger partial charge in [-0.15, -0.1) is 0 Å². The molecule has 1 aliphatic carbocycles. The van der Waals surface area contributed by atoms with Gasteiger partial charge in [-0.2, -0.15) is 0 Å². The van der Waals surface area contributed by atoms with E-state index in [2.05, 4.69) is 12.1 Å². The lowest BCUT2D eigenvalue weighted by Crippen LogP contribution is -2.48. The molecule has 3 atom stereocenters. The first-order valence-corrected chi connectivity index (χ1v) is 10.5. The highest BCUT2D eigenvalue weighted by molar-refractivity contribution is 5.84. The largest absolute Gasteiger partial charge is 0.343 e. The van der Waals surface area contributed by atoms with Gasteiger partial charge >= 0.3 is 0 Å². The third kappa shape index (κ3) is 2.78. The molecule has 4 fully saturated rings.